The molecule has 0 spiro atoms. The number of nitrogens with zero attached hydrogens (tertiary/aromatic N) is 2. The summed E-state index contributed by atoms with van der Waals surface area (Å²) >= 11 is 0. The van der Waals surface area contributed by atoms with E-state index in [1.165, 1.54) is 25.7 Å². The quantitative estimate of drug-likeness (QED) is 0.831. The Bertz CT molecular complexity index is 584. The molecule has 0 atom stereocenters. The molecule has 2 saturated carbocycles. The minimum Gasteiger partial charge on any atom is -0.353 e. The Morgan fingerprint density at radius 2 is 1.88 bits per heavy atom. The number of anilines is 1. The summed E-state index contributed by atoms with van der Waals surface area (Å²) in [6.45, 7) is 2.81. The Balaban J connectivity index is 1.38. The van der Waals surface area contributed by atoms with Crippen LogP contribution in [0.4, 0.5) is 5.69 Å². The number of carbonyl (C=O) groups is 2. The van der Waals surface area contributed by atoms with Crippen molar-refractivity contribution in [1.82, 2.24) is 15.1 Å². The summed E-state index contributed by atoms with van der Waals surface area (Å²) in [7, 11) is 0. The van der Waals surface area contributed by atoms with Crippen LogP contribution in [0, 0.1) is 11.8 Å². The lowest BCUT2D eigenvalue weighted by Gasteiger charge is -2.28. The molecule has 1 aromatic rings. The Morgan fingerprint density at radius 1 is 1.16 bits per heavy atom. The van der Waals surface area contributed by atoms with Gasteiger partial charge in [0.15, 0.2) is 0 Å². The monoisotopic (exact) mass is 346 g/mol. The molecule has 6 nitrogen and oxygen atoms in total. The minimum absolute atomic E-state index is 0.0351. The molecular weight excluding hydrogens is 316 g/mol. The van der Waals surface area contributed by atoms with E-state index >= 15 is 0 Å². The summed E-state index contributed by atoms with van der Waals surface area (Å²) in [6, 6.07) is 0.237. The molecule has 1 heterocycles. The maximum Gasteiger partial charge on any atom is 0.227 e. The van der Waals surface area contributed by atoms with Gasteiger partial charge in [0.05, 0.1) is 11.9 Å². The van der Waals surface area contributed by atoms with Gasteiger partial charge in [-0.15, -0.1) is 0 Å². The van der Waals surface area contributed by atoms with Crippen LogP contribution in [0.15, 0.2) is 12.4 Å². The highest BCUT2D eigenvalue weighted by Gasteiger charge is 2.28. The SMILES string of the molecule is CCn1cc(NC(=O)C2CCC(NC(=O)CC3CCCC3)CC2)cn1. The van der Waals surface area contributed by atoms with Crippen LogP contribution in [-0.2, 0) is 16.1 Å². The first-order chi connectivity index (χ1) is 12.1. The maximum absolute atomic E-state index is 12.4. The van der Waals surface area contributed by atoms with Crippen molar-refractivity contribution in [2.45, 2.75) is 77.3 Å². The van der Waals surface area contributed by atoms with E-state index in [2.05, 4.69) is 15.7 Å². The number of amides is 2. The number of hydrogen-bond donors (Lipinski definition) is 2. The average Bonchev–Trinajstić information content (AvgIpc) is 3.27. The molecule has 2 amide bonds. The predicted molar refractivity (Wildman–Crippen MR) is 97.0 cm³/mol. The predicted octanol–water partition coefficient (Wildman–Crippen LogP) is 3.10. The van der Waals surface area contributed by atoms with Crippen molar-refractivity contribution in [3.05, 3.63) is 12.4 Å². The van der Waals surface area contributed by atoms with Crippen LogP contribution in [0.5, 0.6) is 0 Å². The maximum atomic E-state index is 12.4. The summed E-state index contributed by atoms with van der Waals surface area (Å²) in [4.78, 5) is 24.5. The van der Waals surface area contributed by atoms with Gasteiger partial charge in [0.2, 0.25) is 11.8 Å². The Labute approximate surface area is 149 Å². The fourth-order valence-electron chi connectivity index (χ4n) is 4.11. The molecule has 2 aliphatic carbocycles. The van der Waals surface area contributed by atoms with Crippen molar-refractivity contribution in [1.29, 1.82) is 0 Å². The van der Waals surface area contributed by atoms with Crippen LogP contribution in [0.1, 0.15) is 64.7 Å². The van der Waals surface area contributed by atoms with E-state index in [1.54, 1.807) is 10.9 Å². The van der Waals surface area contributed by atoms with Crippen LogP contribution in [-0.4, -0.2) is 27.6 Å². The van der Waals surface area contributed by atoms with Crippen molar-refractivity contribution in [2.75, 3.05) is 5.32 Å². The van der Waals surface area contributed by atoms with Crippen LogP contribution >= 0.6 is 0 Å². The lowest BCUT2D eigenvalue weighted by atomic mass is 9.85. The smallest absolute Gasteiger partial charge is 0.227 e. The molecule has 2 aliphatic rings. The summed E-state index contributed by atoms with van der Waals surface area (Å²) in [6.07, 6.45) is 12.6. The summed E-state index contributed by atoms with van der Waals surface area (Å²) in [5.74, 6) is 0.900. The highest BCUT2D eigenvalue weighted by molar-refractivity contribution is 5.92. The van der Waals surface area contributed by atoms with E-state index in [1.807, 2.05) is 13.1 Å². The lowest BCUT2D eigenvalue weighted by molar-refractivity contribution is -0.123. The molecule has 0 bridgehead atoms. The van der Waals surface area contributed by atoms with Crippen molar-refractivity contribution in [3.63, 3.8) is 0 Å². The van der Waals surface area contributed by atoms with E-state index in [0.29, 0.717) is 12.3 Å². The second kappa shape index (κ2) is 8.50. The van der Waals surface area contributed by atoms with Gasteiger partial charge in [-0.2, -0.15) is 5.10 Å². The van der Waals surface area contributed by atoms with Gasteiger partial charge in [-0.1, -0.05) is 12.8 Å². The minimum atomic E-state index is 0.0351. The number of hydrogen-bond acceptors (Lipinski definition) is 3. The molecular formula is C19H30N4O2. The van der Waals surface area contributed by atoms with Crippen molar-refractivity contribution >= 4 is 17.5 Å². The molecule has 25 heavy (non-hydrogen) atoms. The highest BCUT2D eigenvalue weighted by Crippen LogP contribution is 2.29. The Morgan fingerprint density at radius 3 is 2.52 bits per heavy atom. The molecule has 1 aromatic heterocycles. The molecule has 2 N–H and O–H groups in total. The van der Waals surface area contributed by atoms with Gasteiger partial charge in [-0.25, -0.2) is 0 Å². The normalized spacial score (nSPS) is 24.2. The third-order valence-corrected chi connectivity index (χ3v) is 5.64. The zero-order valence-corrected chi connectivity index (χ0v) is 15.2. The van der Waals surface area contributed by atoms with Gasteiger partial charge in [0.1, 0.15) is 0 Å². The van der Waals surface area contributed by atoms with E-state index in [9.17, 15) is 9.59 Å². The van der Waals surface area contributed by atoms with Gasteiger partial charge in [-0.05, 0) is 51.4 Å². The summed E-state index contributed by atoms with van der Waals surface area (Å²) in [5, 5.41) is 10.3. The molecule has 0 saturated heterocycles. The third kappa shape index (κ3) is 5.06. The number of aromatic nitrogens is 2. The molecule has 2 fully saturated rings. The first-order valence-corrected chi connectivity index (χ1v) is 9.76. The standard InChI is InChI=1S/C19H30N4O2/c1-2-23-13-17(12-20-23)22-19(25)15-7-9-16(10-8-15)21-18(24)11-14-5-3-4-6-14/h12-16H,2-11H2,1H3,(H,21,24)(H,22,25). The molecule has 0 aromatic carbocycles. The summed E-state index contributed by atoms with van der Waals surface area (Å²) in [5.41, 5.74) is 0.763. The van der Waals surface area contributed by atoms with Crippen molar-refractivity contribution in [2.24, 2.45) is 11.8 Å². The van der Waals surface area contributed by atoms with Gasteiger partial charge >= 0.3 is 0 Å². The zero-order chi connectivity index (χ0) is 17.6. The van der Waals surface area contributed by atoms with E-state index in [0.717, 1.165) is 37.9 Å². The van der Waals surface area contributed by atoms with Gasteiger partial charge in [0.25, 0.3) is 0 Å². The van der Waals surface area contributed by atoms with Crippen LogP contribution < -0.4 is 10.6 Å². The van der Waals surface area contributed by atoms with Gasteiger partial charge in [-0.3, -0.25) is 14.3 Å². The topological polar surface area (TPSA) is 76.0 Å². The fourth-order valence-corrected chi connectivity index (χ4v) is 4.11. The average molecular weight is 346 g/mol. The summed E-state index contributed by atoms with van der Waals surface area (Å²) < 4.78 is 1.80. The van der Waals surface area contributed by atoms with Gasteiger partial charge in [0, 0.05) is 31.1 Å². The highest BCUT2D eigenvalue weighted by atomic mass is 16.2. The first-order valence-electron chi connectivity index (χ1n) is 9.76. The zero-order valence-electron chi connectivity index (χ0n) is 15.2. The van der Waals surface area contributed by atoms with E-state index < -0.39 is 0 Å². The molecule has 0 unspecified atom stereocenters. The van der Waals surface area contributed by atoms with Gasteiger partial charge < -0.3 is 10.6 Å². The van der Waals surface area contributed by atoms with Crippen LogP contribution in [0.3, 0.4) is 0 Å². The molecule has 138 valence electrons. The van der Waals surface area contributed by atoms with Crippen molar-refractivity contribution < 1.29 is 9.59 Å². The lowest BCUT2D eigenvalue weighted by Crippen LogP contribution is -2.40. The molecule has 0 radical (unpaired) electrons. The van der Waals surface area contributed by atoms with Crippen LogP contribution in [0.25, 0.3) is 0 Å². The Hall–Kier alpha value is -1.85. The third-order valence-electron chi connectivity index (χ3n) is 5.64. The fraction of sp³-hybridized carbons (Fsp3) is 0.737. The molecule has 6 heteroatoms. The first kappa shape index (κ1) is 18.0. The Kier molecular flexibility index (Phi) is 6.10. The number of nitrogens with one attached hydrogen (secondary N) is 2. The van der Waals surface area contributed by atoms with E-state index in [4.69, 9.17) is 0 Å². The van der Waals surface area contributed by atoms with Crippen LogP contribution in [0.2, 0.25) is 0 Å². The van der Waals surface area contributed by atoms with Crippen molar-refractivity contribution in [3.8, 4) is 0 Å². The molecule has 3 rings (SSSR count). The second-order valence-corrected chi connectivity index (χ2v) is 7.54. The second-order valence-electron chi connectivity index (χ2n) is 7.54. The number of rotatable bonds is 6. The number of aryl methyl sites for hydroxylation is 1. The molecule has 0 aliphatic heterocycles. The van der Waals surface area contributed by atoms with E-state index in [-0.39, 0.29) is 23.8 Å². The largest absolute Gasteiger partial charge is 0.353 e. The number of carbonyl (C=O) groups excluding carboxylic acids is 2.